The van der Waals surface area contributed by atoms with Gasteiger partial charge in [-0.2, -0.15) is 0 Å². The highest BCUT2D eigenvalue weighted by Crippen LogP contribution is 2.52. The summed E-state index contributed by atoms with van der Waals surface area (Å²) in [4.78, 5) is 0. The maximum atomic E-state index is 5.83. The third-order valence-corrected chi connectivity index (χ3v) is 5.40. The molecule has 3 heteroatoms. The molecule has 2 heterocycles. The number of hydrogen-bond acceptors (Lipinski definition) is 3. The van der Waals surface area contributed by atoms with Crippen molar-refractivity contribution in [3.05, 3.63) is 0 Å². The fourth-order valence-electron chi connectivity index (χ4n) is 3.73. The molecule has 0 aromatic heterocycles. The molecule has 1 aliphatic carbocycles. The Balaban J connectivity index is 1.49. The zero-order valence-corrected chi connectivity index (χ0v) is 11.1. The summed E-state index contributed by atoms with van der Waals surface area (Å²) < 4.78 is 11.5. The fraction of sp³-hybridized carbons (Fsp3) is 1.00. The van der Waals surface area contributed by atoms with Gasteiger partial charge >= 0.3 is 0 Å². The van der Waals surface area contributed by atoms with Crippen LogP contribution in [0.3, 0.4) is 0 Å². The van der Waals surface area contributed by atoms with Crippen LogP contribution in [0.4, 0.5) is 0 Å². The second-order valence-corrected chi connectivity index (χ2v) is 6.31. The highest BCUT2D eigenvalue weighted by atomic mass is 16.5. The van der Waals surface area contributed by atoms with Crippen LogP contribution in [0, 0.1) is 17.8 Å². The van der Waals surface area contributed by atoms with Gasteiger partial charge in [-0.25, -0.2) is 0 Å². The Morgan fingerprint density at radius 1 is 1.24 bits per heavy atom. The molecule has 2 saturated heterocycles. The average molecular weight is 239 g/mol. The maximum Gasteiger partial charge on any atom is 0.0969 e. The maximum absolute atomic E-state index is 5.83. The molecule has 17 heavy (non-hydrogen) atoms. The summed E-state index contributed by atoms with van der Waals surface area (Å²) in [6, 6.07) is 0. The second kappa shape index (κ2) is 4.52. The molecule has 3 nitrogen and oxygen atoms in total. The van der Waals surface area contributed by atoms with Crippen molar-refractivity contribution in [2.45, 2.75) is 51.2 Å². The molecule has 98 valence electrons. The van der Waals surface area contributed by atoms with E-state index in [0.717, 1.165) is 31.7 Å². The molecule has 1 saturated carbocycles. The molecule has 0 aromatic carbocycles. The smallest absolute Gasteiger partial charge is 0.0969 e. The lowest BCUT2D eigenvalue weighted by molar-refractivity contribution is -0.225. The SMILES string of the molecule is CC(C1CC2(CCO2)C1)C(C)C1CCNCO1. The third kappa shape index (κ3) is 2.13. The van der Waals surface area contributed by atoms with Crippen LogP contribution in [0.1, 0.15) is 39.5 Å². The van der Waals surface area contributed by atoms with Crippen molar-refractivity contribution in [3.8, 4) is 0 Å². The van der Waals surface area contributed by atoms with E-state index in [1.165, 1.54) is 25.7 Å². The highest BCUT2D eigenvalue weighted by Gasteiger charge is 2.52. The standard InChI is InChI=1S/C14H25NO2/c1-10(11(2)13-3-5-15-9-16-13)12-7-14(8-12)4-6-17-14/h10-13,15H,3-9H2,1-2H3. The lowest BCUT2D eigenvalue weighted by atomic mass is 9.60. The van der Waals surface area contributed by atoms with Gasteiger partial charge in [-0.3, -0.25) is 5.32 Å². The predicted octanol–water partition coefficient (Wildman–Crippen LogP) is 2.16. The minimum atomic E-state index is 0.327. The molecule has 3 rings (SSSR count). The minimum Gasteiger partial charge on any atom is -0.375 e. The normalized spacial score (nSPS) is 44.8. The summed E-state index contributed by atoms with van der Waals surface area (Å²) in [6.45, 7) is 7.62. The third-order valence-electron chi connectivity index (χ3n) is 5.40. The first kappa shape index (κ1) is 11.9. The van der Waals surface area contributed by atoms with Gasteiger partial charge in [0.1, 0.15) is 0 Å². The second-order valence-electron chi connectivity index (χ2n) is 6.31. The van der Waals surface area contributed by atoms with Gasteiger partial charge in [0.15, 0.2) is 0 Å². The van der Waals surface area contributed by atoms with Crippen LogP contribution in [-0.4, -0.2) is 31.6 Å². The van der Waals surface area contributed by atoms with Crippen molar-refractivity contribution in [3.63, 3.8) is 0 Å². The average Bonchev–Trinajstić information content (AvgIpc) is 2.25. The molecule has 3 atom stereocenters. The molecule has 1 N–H and O–H groups in total. The molecule has 0 amide bonds. The summed E-state index contributed by atoms with van der Waals surface area (Å²) in [5, 5.41) is 3.25. The summed E-state index contributed by atoms with van der Waals surface area (Å²) >= 11 is 0. The van der Waals surface area contributed by atoms with Gasteiger partial charge in [-0.05, 0) is 50.0 Å². The lowest BCUT2D eigenvalue weighted by Gasteiger charge is -2.56. The van der Waals surface area contributed by atoms with E-state index in [9.17, 15) is 0 Å². The first-order chi connectivity index (χ1) is 8.20. The van der Waals surface area contributed by atoms with Crippen LogP contribution < -0.4 is 5.32 Å². The van der Waals surface area contributed by atoms with E-state index in [0.29, 0.717) is 17.6 Å². The first-order valence-electron chi connectivity index (χ1n) is 7.16. The zero-order chi connectivity index (χ0) is 11.9. The van der Waals surface area contributed by atoms with E-state index >= 15 is 0 Å². The topological polar surface area (TPSA) is 30.5 Å². The van der Waals surface area contributed by atoms with Gasteiger partial charge in [0, 0.05) is 0 Å². The molecule has 0 aromatic rings. The number of nitrogens with one attached hydrogen (secondary N) is 1. The summed E-state index contributed by atoms with van der Waals surface area (Å²) in [7, 11) is 0. The Labute approximate surface area is 104 Å². The van der Waals surface area contributed by atoms with E-state index < -0.39 is 0 Å². The summed E-state index contributed by atoms with van der Waals surface area (Å²) in [6.07, 6.45) is 5.52. The summed E-state index contributed by atoms with van der Waals surface area (Å²) in [5.41, 5.74) is 0.327. The molecule has 3 fully saturated rings. The van der Waals surface area contributed by atoms with E-state index in [4.69, 9.17) is 9.47 Å². The van der Waals surface area contributed by atoms with Gasteiger partial charge in [0.05, 0.1) is 25.0 Å². The molecule has 3 aliphatic rings. The largest absolute Gasteiger partial charge is 0.375 e. The van der Waals surface area contributed by atoms with Crippen LogP contribution in [-0.2, 0) is 9.47 Å². The van der Waals surface area contributed by atoms with Gasteiger partial charge < -0.3 is 9.47 Å². The monoisotopic (exact) mass is 239 g/mol. The number of hydrogen-bond donors (Lipinski definition) is 1. The highest BCUT2D eigenvalue weighted by molar-refractivity contribution is 5.02. The minimum absolute atomic E-state index is 0.327. The molecule has 0 radical (unpaired) electrons. The first-order valence-corrected chi connectivity index (χ1v) is 7.16. The number of rotatable bonds is 3. The van der Waals surface area contributed by atoms with Gasteiger partial charge in [-0.1, -0.05) is 13.8 Å². The van der Waals surface area contributed by atoms with Crippen LogP contribution >= 0.6 is 0 Å². The van der Waals surface area contributed by atoms with Crippen LogP contribution in [0.2, 0.25) is 0 Å². The Kier molecular flexibility index (Phi) is 3.18. The van der Waals surface area contributed by atoms with Crippen molar-refractivity contribution >= 4 is 0 Å². The van der Waals surface area contributed by atoms with E-state index in [2.05, 4.69) is 19.2 Å². The van der Waals surface area contributed by atoms with Gasteiger partial charge in [0.2, 0.25) is 0 Å². The molecule has 3 unspecified atom stereocenters. The van der Waals surface area contributed by atoms with Crippen molar-refractivity contribution in [2.24, 2.45) is 17.8 Å². The van der Waals surface area contributed by atoms with E-state index in [-0.39, 0.29) is 0 Å². The van der Waals surface area contributed by atoms with E-state index in [1.807, 2.05) is 0 Å². The van der Waals surface area contributed by atoms with Crippen LogP contribution in [0.25, 0.3) is 0 Å². The summed E-state index contributed by atoms with van der Waals surface area (Å²) in [5.74, 6) is 2.32. The van der Waals surface area contributed by atoms with Crippen LogP contribution in [0.5, 0.6) is 0 Å². The number of ether oxygens (including phenoxy) is 2. The van der Waals surface area contributed by atoms with Crippen molar-refractivity contribution in [1.82, 2.24) is 5.32 Å². The van der Waals surface area contributed by atoms with Gasteiger partial charge in [0.25, 0.3) is 0 Å². The molecule has 0 bridgehead atoms. The molecule has 2 aliphatic heterocycles. The Bertz CT molecular complexity index is 263. The Morgan fingerprint density at radius 3 is 2.53 bits per heavy atom. The fourth-order valence-corrected chi connectivity index (χ4v) is 3.73. The van der Waals surface area contributed by atoms with Crippen molar-refractivity contribution in [2.75, 3.05) is 19.9 Å². The van der Waals surface area contributed by atoms with E-state index in [1.54, 1.807) is 0 Å². The lowest BCUT2D eigenvalue weighted by Crippen LogP contribution is -2.56. The van der Waals surface area contributed by atoms with Crippen LogP contribution in [0.15, 0.2) is 0 Å². The Morgan fingerprint density at radius 2 is 2.00 bits per heavy atom. The zero-order valence-electron chi connectivity index (χ0n) is 11.1. The predicted molar refractivity (Wildman–Crippen MR) is 66.7 cm³/mol. The van der Waals surface area contributed by atoms with Crippen molar-refractivity contribution in [1.29, 1.82) is 0 Å². The Hall–Kier alpha value is -0.120. The molecular formula is C14H25NO2. The molecule has 1 spiro atoms. The van der Waals surface area contributed by atoms with Crippen molar-refractivity contribution < 1.29 is 9.47 Å². The quantitative estimate of drug-likeness (QED) is 0.818. The van der Waals surface area contributed by atoms with Gasteiger partial charge in [-0.15, -0.1) is 0 Å². The molecular weight excluding hydrogens is 214 g/mol.